The van der Waals surface area contributed by atoms with Gasteiger partial charge in [-0.05, 0) is 38.7 Å². The van der Waals surface area contributed by atoms with Crippen LogP contribution in [0.5, 0.6) is 0 Å². The van der Waals surface area contributed by atoms with Crippen molar-refractivity contribution in [2.24, 2.45) is 0 Å². The Morgan fingerprint density at radius 2 is 2.29 bits per heavy atom. The normalized spacial score (nSPS) is 26.3. The van der Waals surface area contributed by atoms with Crippen molar-refractivity contribution in [2.45, 2.75) is 55.7 Å². The molecule has 0 aromatic carbocycles. The van der Waals surface area contributed by atoms with Gasteiger partial charge in [-0.1, -0.05) is 0 Å². The summed E-state index contributed by atoms with van der Waals surface area (Å²) >= 11 is 1.49. The molecule has 1 aliphatic heterocycles. The molecule has 2 fully saturated rings. The van der Waals surface area contributed by atoms with E-state index in [1.54, 1.807) is 11.4 Å². The van der Waals surface area contributed by atoms with Crippen LogP contribution in [-0.4, -0.2) is 33.2 Å². The highest BCUT2D eigenvalue weighted by Gasteiger charge is 2.31. The van der Waals surface area contributed by atoms with Gasteiger partial charge in [-0.15, -0.1) is 11.3 Å². The zero-order chi connectivity index (χ0) is 14.9. The molecule has 0 spiro atoms. The molecule has 0 amide bonds. The van der Waals surface area contributed by atoms with Crippen molar-refractivity contribution in [1.29, 1.82) is 0 Å². The van der Waals surface area contributed by atoms with Crippen LogP contribution in [-0.2, 0) is 21.3 Å². The van der Waals surface area contributed by atoms with E-state index in [0.717, 1.165) is 24.3 Å². The van der Waals surface area contributed by atoms with E-state index in [-0.39, 0.29) is 5.60 Å². The fourth-order valence-electron chi connectivity index (χ4n) is 2.43. The maximum Gasteiger partial charge on any atom is 0.241 e. The molecule has 1 saturated carbocycles. The van der Waals surface area contributed by atoms with Crippen molar-refractivity contribution in [2.75, 3.05) is 13.2 Å². The minimum atomic E-state index is -3.44. The average Bonchev–Trinajstić information content (AvgIpc) is 2.97. The second-order valence-electron chi connectivity index (χ2n) is 6.13. The molecule has 1 aromatic heterocycles. The fraction of sp³-hybridized carbons (Fsp3) is 0.714. The van der Waals surface area contributed by atoms with E-state index in [1.165, 1.54) is 24.2 Å². The molecule has 21 heavy (non-hydrogen) atoms. The fourth-order valence-corrected chi connectivity index (χ4v) is 4.82. The van der Waals surface area contributed by atoms with Crippen molar-refractivity contribution in [3.8, 4) is 0 Å². The van der Waals surface area contributed by atoms with Crippen LogP contribution >= 0.6 is 11.3 Å². The van der Waals surface area contributed by atoms with Gasteiger partial charge in [0.05, 0.1) is 10.5 Å². The lowest BCUT2D eigenvalue weighted by Gasteiger charge is -2.23. The summed E-state index contributed by atoms with van der Waals surface area (Å²) in [7, 11) is -3.44. The molecule has 0 radical (unpaired) electrons. The third-order valence-electron chi connectivity index (χ3n) is 4.02. The lowest BCUT2D eigenvalue weighted by Crippen LogP contribution is -2.39. The van der Waals surface area contributed by atoms with Crippen LogP contribution in [0.3, 0.4) is 0 Å². The summed E-state index contributed by atoms with van der Waals surface area (Å²) in [4.78, 5) is 1.42. The Morgan fingerprint density at radius 3 is 2.95 bits per heavy atom. The van der Waals surface area contributed by atoms with Gasteiger partial charge in [-0.3, -0.25) is 0 Å². The van der Waals surface area contributed by atoms with E-state index >= 15 is 0 Å². The van der Waals surface area contributed by atoms with Gasteiger partial charge in [0, 0.05) is 36.0 Å². The number of rotatable bonds is 7. The standard InChI is InChI=1S/C14H22N2O3S2/c1-14(5-2-6-19-14)10-16-21(17,18)13-7-12(20-9-13)8-15-11-3-4-11/h7,9,11,15-16H,2-6,8,10H2,1H3. The lowest BCUT2D eigenvalue weighted by molar-refractivity contribution is 0.0250. The van der Waals surface area contributed by atoms with Crippen LogP contribution in [0.1, 0.15) is 37.5 Å². The lowest BCUT2D eigenvalue weighted by atomic mass is 10.0. The second-order valence-corrected chi connectivity index (χ2v) is 8.89. The molecule has 5 nitrogen and oxygen atoms in total. The van der Waals surface area contributed by atoms with Crippen molar-refractivity contribution in [1.82, 2.24) is 10.0 Å². The van der Waals surface area contributed by atoms with E-state index < -0.39 is 10.0 Å². The number of nitrogens with one attached hydrogen (secondary N) is 2. The minimum Gasteiger partial charge on any atom is -0.374 e. The van der Waals surface area contributed by atoms with Crippen molar-refractivity contribution >= 4 is 21.4 Å². The first-order chi connectivity index (χ1) is 9.97. The zero-order valence-corrected chi connectivity index (χ0v) is 13.9. The zero-order valence-electron chi connectivity index (χ0n) is 12.2. The Morgan fingerprint density at radius 1 is 1.48 bits per heavy atom. The third-order valence-corrected chi connectivity index (χ3v) is 6.49. The number of ether oxygens (including phenoxy) is 1. The predicted molar refractivity (Wildman–Crippen MR) is 83.0 cm³/mol. The average molecular weight is 330 g/mol. The van der Waals surface area contributed by atoms with Crippen molar-refractivity contribution < 1.29 is 13.2 Å². The van der Waals surface area contributed by atoms with Crippen LogP contribution in [0.15, 0.2) is 16.3 Å². The topological polar surface area (TPSA) is 67.4 Å². The Bertz CT molecular complexity index is 587. The Labute approximate surface area is 130 Å². The number of thiophene rings is 1. The maximum atomic E-state index is 12.3. The molecule has 0 bridgehead atoms. The van der Waals surface area contributed by atoms with Crippen LogP contribution in [0.2, 0.25) is 0 Å². The third kappa shape index (κ3) is 4.04. The van der Waals surface area contributed by atoms with Crippen LogP contribution in [0, 0.1) is 0 Å². The van der Waals surface area contributed by atoms with E-state index in [1.807, 2.05) is 6.92 Å². The number of sulfonamides is 1. The molecule has 1 aliphatic carbocycles. The molecule has 7 heteroatoms. The maximum absolute atomic E-state index is 12.3. The van der Waals surface area contributed by atoms with Gasteiger partial charge in [0.1, 0.15) is 0 Å². The minimum absolute atomic E-state index is 0.334. The highest BCUT2D eigenvalue weighted by Crippen LogP contribution is 2.26. The molecule has 3 rings (SSSR count). The van der Waals surface area contributed by atoms with Gasteiger partial charge in [-0.2, -0.15) is 0 Å². The van der Waals surface area contributed by atoms with Gasteiger partial charge in [0.15, 0.2) is 0 Å². The smallest absolute Gasteiger partial charge is 0.241 e. The Balaban J connectivity index is 1.58. The largest absolute Gasteiger partial charge is 0.374 e. The second kappa shape index (κ2) is 5.96. The SMILES string of the molecule is CC1(CNS(=O)(=O)c2csc(CNC3CC3)c2)CCCO1. The van der Waals surface area contributed by atoms with Gasteiger partial charge < -0.3 is 10.1 Å². The van der Waals surface area contributed by atoms with E-state index in [0.29, 0.717) is 24.1 Å². The summed E-state index contributed by atoms with van der Waals surface area (Å²) in [5.74, 6) is 0. The van der Waals surface area contributed by atoms with E-state index in [9.17, 15) is 8.42 Å². The Kier molecular flexibility index (Phi) is 4.38. The molecule has 118 valence electrons. The predicted octanol–water partition coefficient (Wildman–Crippen LogP) is 1.85. The van der Waals surface area contributed by atoms with Gasteiger partial charge in [0.25, 0.3) is 0 Å². The number of hydrogen-bond donors (Lipinski definition) is 2. The summed E-state index contributed by atoms with van der Waals surface area (Å²) in [5, 5.41) is 5.11. The van der Waals surface area contributed by atoms with Crippen LogP contribution < -0.4 is 10.0 Å². The quantitative estimate of drug-likeness (QED) is 0.801. The molecule has 1 atom stereocenters. The van der Waals surface area contributed by atoms with Crippen LogP contribution in [0.25, 0.3) is 0 Å². The van der Waals surface area contributed by atoms with Gasteiger partial charge >= 0.3 is 0 Å². The summed E-state index contributed by atoms with van der Waals surface area (Å²) < 4.78 is 32.9. The Hall–Kier alpha value is -0.470. The summed E-state index contributed by atoms with van der Waals surface area (Å²) in [6.07, 6.45) is 4.36. The summed E-state index contributed by atoms with van der Waals surface area (Å²) in [6, 6.07) is 2.39. The monoisotopic (exact) mass is 330 g/mol. The summed E-state index contributed by atoms with van der Waals surface area (Å²) in [5.41, 5.74) is -0.362. The molecule has 2 aliphatic rings. The van der Waals surface area contributed by atoms with E-state index in [2.05, 4.69) is 10.0 Å². The molecule has 1 saturated heterocycles. The molecular weight excluding hydrogens is 308 g/mol. The van der Waals surface area contributed by atoms with Crippen LogP contribution in [0.4, 0.5) is 0 Å². The molecule has 1 aromatic rings. The summed E-state index contributed by atoms with van der Waals surface area (Å²) in [6.45, 7) is 3.77. The van der Waals surface area contributed by atoms with Crippen molar-refractivity contribution in [3.63, 3.8) is 0 Å². The molecule has 1 unspecified atom stereocenters. The van der Waals surface area contributed by atoms with E-state index in [4.69, 9.17) is 4.74 Å². The first-order valence-corrected chi connectivity index (χ1v) is 9.78. The highest BCUT2D eigenvalue weighted by atomic mass is 32.2. The van der Waals surface area contributed by atoms with Gasteiger partial charge in [0.2, 0.25) is 10.0 Å². The molecule has 2 heterocycles. The molecule has 2 N–H and O–H groups in total. The first kappa shape index (κ1) is 15.4. The first-order valence-electron chi connectivity index (χ1n) is 7.41. The molecular formula is C14H22N2O3S2. The van der Waals surface area contributed by atoms with Crippen molar-refractivity contribution in [3.05, 3.63) is 16.3 Å². The number of hydrogen-bond acceptors (Lipinski definition) is 5. The van der Waals surface area contributed by atoms with Gasteiger partial charge in [-0.25, -0.2) is 13.1 Å². The highest BCUT2D eigenvalue weighted by molar-refractivity contribution is 7.89.